The predicted octanol–water partition coefficient (Wildman–Crippen LogP) is 14.6. The van der Waals surface area contributed by atoms with Crippen LogP contribution >= 0.6 is 0 Å². The van der Waals surface area contributed by atoms with Crippen LogP contribution in [0.15, 0.2) is 194 Å². The summed E-state index contributed by atoms with van der Waals surface area (Å²) in [6.07, 6.45) is 1.63. The van der Waals surface area contributed by atoms with Crippen LogP contribution in [0.25, 0.3) is 89.4 Å². The summed E-state index contributed by atoms with van der Waals surface area (Å²) < 4.78 is 0. The Morgan fingerprint density at radius 3 is 1.86 bits per heavy atom. The molecule has 11 rings (SSSR count). The first-order valence-electron chi connectivity index (χ1n) is 21.4. The van der Waals surface area contributed by atoms with Crippen LogP contribution < -0.4 is 0 Å². The van der Waals surface area contributed by atoms with Gasteiger partial charge in [0.2, 0.25) is 0 Å². The Morgan fingerprint density at radius 1 is 0.469 bits per heavy atom. The molecular formula is C59H44IrN4-2. The average Bonchev–Trinajstić information content (AvgIpc) is 3.57. The molecule has 64 heavy (non-hydrogen) atoms. The van der Waals surface area contributed by atoms with Crippen molar-refractivity contribution >= 4 is 10.9 Å². The third-order valence-corrected chi connectivity index (χ3v) is 12.2. The Morgan fingerprint density at radius 2 is 1.09 bits per heavy atom. The van der Waals surface area contributed by atoms with Gasteiger partial charge in [-0.3, -0.25) is 15.0 Å². The Kier molecular flexibility index (Phi) is 11.8. The maximum Gasteiger partial charge on any atom is 0.106 e. The van der Waals surface area contributed by atoms with Gasteiger partial charge in [-0.2, -0.15) is 0 Å². The molecule has 311 valence electrons. The van der Waals surface area contributed by atoms with Gasteiger partial charge in [-0.1, -0.05) is 165 Å². The molecule has 2 aromatic heterocycles. The molecule has 0 saturated carbocycles. The molecule has 0 atom stereocenters. The zero-order chi connectivity index (χ0) is 42.9. The van der Waals surface area contributed by atoms with Crippen molar-refractivity contribution in [3.63, 3.8) is 0 Å². The summed E-state index contributed by atoms with van der Waals surface area (Å²) in [4.78, 5) is 19.1. The Bertz CT molecular complexity index is 3170. The first-order chi connectivity index (χ1) is 30.8. The minimum atomic E-state index is -0.0331. The van der Waals surface area contributed by atoms with Crippen molar-refractivity contribution < 1.29 is 20.1 Å². The first kappa shape index (κ1) is 42.1. The van der Waals surface area contributed by atoms with Gasteiger partial charge in [-0.15, -0.1) is 64.7 Å². The molecule has 0 spiro atoms. The minimum Gasteiger partial charge on any atom is -0.286 e. The fraction of sp³-hybridized carbons (Fsp3) is 0.0847. The second-order valence-electron chi connectivity index (χ2n) is 16.6. The number of aryl methyl sites for hydroxylation is 2. The standard InChI is InChI=1S/C31H25N2.C28H19N2.Ir/c1-19-10-9-11-20(2)28(19)29-23-13-6-8-15-27(23)32-30(33-29)21-16-17-26-24(18-21)22-12-5-7-14-25(22)31(26,3)4;1-3-9-21(10-4-1)23-13-7-15-25(17-23)27-19-28(30-20-29-27)26-16-8-14-24(18-26)22-11-5-2-6-12-22;/h5-15,17-18H,1-4H3;1-15,17-20H;/q2*-1;. The van der Waals surface area contributed by atoms with E-state index in [1.54, 1.807) is 6.33 Å². The van der Waals surface area contributed by atoms with Gasteiger partial charge < -0.3 is 0 Å². The summed E-state index contributed by atoms with van der Waals surface area (Å²) >= 11 is 0. The van der Waals surface area contributed by atoms with Crippen LogP contribution in [0.2, 0.25) is 0 Å². The molecule has 4 nitrogen and oxygen atoms in total. The van der Waals surface area contributed by atoms with Crippen molar-refractivity contribution in [1.29, 1.82) is 0 Å². The van der Waals surface area contributed by atoms with E-state index in [1.165, 1.54) is 55.6 Å². The van der Waals surface area contributed by atoms with Crippen LogP contribution in [-0.4, -0.2) is 19.9 Å². The molecule has 0 saturated heterocycles. The monoisotopic (exact) mass is 1000 g/mol. The molecule has 0 fully saturated rings. The van der Waals surface area contributed by atoms with E-state index in [0.29, 0.717) is 0 Å². The SMILES string of the molecule is Cc1cccc(C)c1-c1nc(-c2[c-]cc3c(c2)-c2ccccc2C3(C)C)nc2ccccc12.[Ir].[c-]1ccc(-c2ccccc2)cc1-c1cc(-c2cccc(-c3ccccc3)c2)ncn1. The normalized spacial score (nSPS) is 12.1. The van der Waals surface area contributed by atoms with Crippen LogP contribution in [0.4, 0.5) is 0 Å². The van der Waals surface area contributed by atoms with Gasteiger partial charge in [-0.05, 0) is 76.0 Å². The quantitative estimate of drug-likeness (QED) is 0.156. The van der Waals surface area contributed by atoms with Crippen molar-refractivity contribution in [2.45, 2.75) is 33.1 Å². The van der Waals surface area contributed by atoms with E-state index in [9.17, 15) is 0 Å². The summed E-state index contributed by atoms with van der Waals surface area (Å²) in [5.74, 6) is 0.719. The van der Waals surface area contributed by atoms with E-state index in [4.69, 9.17) is 9.97 Å². The van der Waals surface area contributed by atoms with Crippen LogP contribution in [0.1, 0.15) is 36.1 Å². The molecule has 0 N–H and O–H groups in total. The molecular weight excluding hydrogens is 957 g/mol. The topological polar surface area (TPSA) is 51.6 Å². The van der Waals surface area contributed by atoms with Crippen LogP contribution in [0.5, 0.6) is 0 Å². The van der Waals surface area contributed by atoms with Gasteiger partial charge >= 0.3 is 0 Å². The summed E-state index contributed by atoms with van der Waals surface area (Å²) in [7, 11) is 0. The molecule has 0 aliphatic heterocycles. The Labute approximate surface area is 389 Å². The molecule has 1 aliphatic carbocycles. The molecule has 5 heteroatoms. The molecule has 0 bridgehead atoms. The van der Waals surface area contributed by atoms with E-state index in [2.05, 4.69) is 195 Å². The first-order valence-corrected chi connectivity index (χ1v) is 21.4. The van der Waals surface area contributed by atoms with E-state index in [-0.39, 0.29) is 25.5 Å². The number of rotatable bonds is 6. The smallest absolute Gasteiger partial charge is 0.106 e. The van der Waals surface area contributed by atoms with Crippen molar-refractivity contribution in [2.24, 2.45) is 0 Å². The summed E-state index contributed by atoms with van der Waals surface area (Å²) in [5.41, 5.74) is 20.2. The Balaban J connectivity index is 0.000000160. The Hall–Kier alpha value is -7.17. The van der Waals surface area contributed by atoms with Crippen molar-refractivity contribution in [3.05, 3.63) is 229 Å². The van der Waals surface area contributed by atoms with Crippen molar-refractivity contribution in [1.82, 2.24) is 19.9 Å². The van der Waals surface area contributed by atoms with Gasteiger partial charge in [0.1, 0.15) is 6.33 Å². The predicted molar refractivity (Wildman–Crippen MR) is 259 cm³/mol. The second-order valence-corrected chi connectivity index (χ2v) is 16.6. The van der Waals surface area contributed by atoms with Gasteiger partial charge in [0.25, 0.3) is 0 Å². The number of fused-ring (bicyclic) bond motifs is 4. The summed E-state index contributed by atoms with van der Waals surface area (Å²) in [6.45, 7) is 8.88. The van der Waals surface area contributed by atoms with E-state index in [0.717, 1.165) is 56.1 Å². The van der Waals surface area contributed by atoms with E-state index >= 15 is 0 Å². The molecule has 8 aromatic carbocycles. The molecule has 1 aliphatic rings. The number of hydrogen-bond acceptors (Lipinski definition) is 4. The number of para-hydroxylation sites is 1. The van der Waals surface area contributed by atoms with Crippen molar-refractivity contribution in [3.8, 4) is 78.5 Å². The maximum absolute atomic E-state index is 5.14. The number of nitrogens with zero attached hydrogens (tertiary/aromatic N) is 4. The number of aromatic nitrogens is 4. The fourth-order valence-corrected chi connectivity index (χ4v) is 8.92. The fourth-order valence-electron chi connectivity index (χ4n) is 8.92. The van der Waals surface area contributed by atoms with Crippen LogP contribution in [0, 0.1) is 26.0 Å². The van der Waals surface area contributed by atoms with Gasteiger partial charge in [0.05, 0.1) is 22.7 Å². The molecule has 2 heterocycles. The zero-order valence-corrected chi connectivity index (χ0v) is 38.5. The number of benzene rings is 8. The van der Waals surface area contributed by atoms with Gasteiger partial charge in [0, 0.05) is 36.6 Å². The summed E-state index contributed by atoms with van der Waals surface area (Å²) in [5, 5.41) is 1.08. The van der Waals surface area contributed by atoms with Gasteiger partial charge in [0.15, 0.2) is 0 Å². The van der Waals surface area contributed by atoms with E-state index < -0.39 is 0 Å². The second kappa shape index (κ2) is 17.9. The van der Waals surface area contributed by atoms with Gasteiger partial charge in [-0.25, -0.2) is 4.98 Å². The zero-order valence-electron chi connectivity index (χ0n) is 36.1. The molecule has 0 amide bonds. The molecule has 10 aromatic rings. The third kappa shape index (κ3) is 8.13. The minimum absolute atomic E-state index is 0. The summed E-state index contributed by atoms with van der Waals surface area (Å²) in [6, 6.07) is 72.0. The average molecular weight is 1000 g/mol. The number of hydrogen-bond donors (Lipinski definition) is 0. The maximum atomic E-state index is 5.14. The van der Waals surface area contributed by atoms with E-state index in [1.807, 2.05) is 42.5 Å². The third-order valence-electron chi connectivity index (χ3n) is 12.2. The van der Waals surface area contributed by atoms with Crippen molar-refractivity contribution in [2.75, 3.05) is 0 Å². The van der Waals surface area contributed by atoms with Crippen LogP contribution in [0.3, 0.4) is 0 Å². The largest absolute Gasteiger partial charge is 0.286 e. The van der Waals surface area contributed by atoms with Crippen LogP contribution in [-0.2, 0) is 25.5 Å². The molecule has 0 unspecified atom stereocenters. The molecule has 1 radical (unpaired) electrons.